The molecule has 4 heteroatoms. The molecule has 0 aliphatic heterocycles. The predicted octanol–water partition coefficient (Wildman–Crippen LogP) is 6.81. The largest absolute Gasteiger partial charge is 0.469 e. The van der Waals surface area contributed by atoms with Crippen LogP contribution in [0.15, 0.2) is 54.6 Å². The van der Waals surface area contributed by atoms with Crippen molar-refractivity contribution in [1.29, 1.82) is 0 Å². The summed E-state index contributed by atoms with van der Waals surface area (Å²) in [6, 6.07) is 9.12. The van der Waals surface area contributed by atoms with Crippen LogP contribution in [0.3, 0.4) is 0 Å². The lowest BCUT2D eigenvalue weighted by Crippen LogP contribution is -2.16. The molecule has 0 heterocycles. The van der Waals surface area contributed by atoms with Gasteiger partial charge < -0.3 is 9.47 Å². The second-order valence-electron chi connectivity index (χ2n) is 7.50. The van der Waals surface area contributed by atoms with Crippen LogP contribution in [0.25, 0.3) is 0 Å². The number of allylic oxidation sites excluding steroid dienone is 3. The molecule has 30 heavy (non-hydrogen) atoms. The van der Waals surface area contributed by atoms with E-state index in [2.05, 4.69) is 17.7 Å². The third kappa shape index (κ3) is 13.0. The molecule has 1 aromatic rings. The number of carbonyl (C=O) groups excluding carboxylic acids is 2. The van der Waals surface area contributed by atoms with E-state index in [-0.39, 0.29) is 18.0 Å². The number of unbranched alkanes of at least 4 members (excludes halogenated alkanes) is 7. The number of methoxy groups -OCH3 is 1. The molecule has 0 saturated heterocycles. The molecule has 0 fully saturated rings. The maximum Gasteiger partial charge on any atom is 0.338 e. The molecule has 1 aromatic carbocycles. The van der Waals surface area contributed by atoms with Crippen molar-refractivity contribution >= 4 is 11.9 Å². The van der Waals surface area contributed by atoms with Gasteiger partial charge in [-0.3, -0.25) is 4.79 Å². The van der Waals surface area contributed by atoms with E-state index in [0.29, 0.717) is 12.0 Å². The summed E-state index contributed by atoms with van der Waals surface area (Å²) in [6.07, 6.45) is 19.0. The molecule has 0 aliphatic rings. The average molecular weight is 415 g/mol. The second-order valence-corrected chi connectivity index (χ2v) is 7.50. The van der Waals surface area contributed by atoms with E-state index in [1.165, 1.54) is 26.4 Å². The molecule has 0 aromatic heterocycles. The fraction of sp³-hybridized carbons (Fsp3) is 0.538. The molecule has 4 nitrogen and oxygen atoms in total. The molecule has 0 amide bonds. The Balaban J connectivity index is 2.43. The number of carbonyl (C=O) groups is 2. The highest BCUT2D eigenvalue weighted by Crippen LogP contribution is 2.14. The number of rotatable bonds is 16. The number of esters is 2. The lowest BCUT2D eigenvalue weighted by Gasteiger charge is -2.14. The fourth-order valence-corrected chi connectivity index (χ4v) is 3.10. The predicted molar refractivity (Wildman–Crippen MR) is 122 cm³/mol. The van der Waals surface area contributed by atoms with Crippen LogP contribution in [0, 0.1) is 0 Å². The standard InChI is InChI=1S/C26H38O4/c1-3-4-5-6-7-9-15-20-24(30-26(28)23-18-13-12-14-19-23)21-16-10-8-11-17-22-25(27)29-2/h7,9,12-15,18-20,24H,3-6,8,10-11,16-17,21-22H2,1-2H3/b9-7-,20-15+. The van der Waals surface area contributed by atoms with Crippen molar-refractivity contribution in [2.45, 2.75) is 83.7 Å². The van der Waals surface area contributed by atoms with Gasteiger partial charge in [0.1, 0.15) is 6.10 Å². The van der Waals surface area contributed by atoms with Gasteiger partial charge in [0.2, 0.25) is 0 Å². The third-order valence-corrected chi connectivity index (χ3v) is 4.91. The van der Waals surface area contributed by atoms with Crippen LogP contribution in [0.1, 0.15) is 87.9 Å². The van der Waals surface area contributed by atoms with Gasteiger partial charge in [-0.15, -0.1) is 0 Å². The minimum absolute atomic E-state index is 0.143. The Bertz CT molecular complexity index is 634. The van der Waals surface area contributed by atoms with Crippen molar-refractivity contribution in [3.63, 3.8) is 0 Å². The molecule has 166 valence electrons. The molecule has 1 rings (SSSR count). The van der Waals surface area contributed by atoms with Crippen LogP contribution in [-0.4, -0.2) is 25.2 Å². The van der Waals surface area contributed by atoms with E-state index in [9.17, 15) is 9.59 Å². The van der Waals surface area contributed by atoms with Crippen molar-refractivity contribution in [1.82, 2.24) is 0 Å². The molecule has 0 N–H and O–H groups in total. The quantitative estimate of drug-likeness (QED) is 0.169. The second kappa shape index (κ2) is 17.5. The fourth-order valence-electron chi connectivity index (χ4n) is 3.10. The maximum absolute atomic E-state index is 12.4. The highest BCUT2D eigenvalue weighted by atomic mass is 16.5. The summed E-state index contributed by atoms with van der Waals surface area (Å²) in [5.41, 5.74) is 0.578. The van der Waals surface area contributed by atoms with Gasteiger partial charge in [-0.2, -0.15) is 0 Å². The van der Waals surface area contributed by atoms with Crippen molar-refractivity contribution in [2.24, 2.45) is 0 Å². The Kier molecular flexibility index (Phi) is 15.0. The number of hydrogen-bond donors (Lipinski definition) is 0. The van der Waals surface area contributed by atoms with E-state index in [0.717, 1.165) is 44.9 Å². The zero-order valence-electron chi connectivity index (χ0n) is 18.7. The summed E-state index contributed by atoms with van der Waals surface area (Å²) in [7, 11) is 1.42. The van der Waals surface area contributed by atoms with Crippen molar-refractivity contribution < 1.29 is 19.1 Å². The Morgan fingerprint density at radius 3 is 2.40 bits per heavy atom. The Hall–Kier alpha value is -2.36. The molecular formula is C26H38O4. The average Bonchev–Trinajstić information content (AvgIpc) is 2.77. The van der Waals surface area contributed by atoms with Crippen LogP contribution in [0.4, 0.5) is 0 Å². The number of ether oxygens (including phenoxy) is 2. The van der Waals surface area contributed by atoms with Gasteiger partial charge in [-0.25, -0.2) is 4.79 Å². The Morgan fingerprint density at radius 1 is 0.933 bits per heavy atom. The molecule has 1 unspecified atom stereocenters. The lowest BCUT2D eigenvalue weighted by atomic mass is 10.1. The first kappa shape index (κ1) is 25.7. The lowest BCUT2D eigenvalue weighted by molar-refractivity contribution is -0.140. The molecule has 0 aliphatic carbocycles. The molecule has 0 radical (unpaired) electrons. The summed E-state index contributed by atoms with van der Waals surface area (Å²) in [5, 5.41) is 0. The maximum atomic E-state index is 12.4. The SMILES string of the molecule is CCCCC/C=C\C=C\C(CCCCCCCC(=O)OC)OC(=O)c1ccccc1. The topological polar surface area (TPSA) is 52.6 Å². The monoisotopic (exact) mass is 414 g/mol. The molecule has 0 bridgehead atoms. The zero-order chi connectivity index (χ0) is 21.9. The molecule has 1 atom stereocenters. The van der Waals surface area contributed by atoms with E-state index >= 15 is 0 Å². The summed E-state index contributed by atoms with van der Waals surface area (Å²) >= 11 is 0. The summed E-state index contributed by atoms with van der Waals surface area (Å²) in [6.45, 7) is 2.20. The normalized spacial score (nSPS) is 12.3. The van der Waals surface area contributed by atoms with Crippen LogP contribution < -0.4 is 0 Å². The van der Waals surface area contributed by atoms with Gasteiger partial charge in [0.05, 0.1) is 12.7 Å². The molecule has 0 saturated carbocycles. The van der Waals surface area contributed by atoms with E-state index in [1.54, 1.807) is 12.1 Å². The summed E-state index contributed by atoms with van der Waals surface area (Å²) in [4.78, 5) is 23.5. The minimum atomic E-state index is -0.282. The van der Waals surface area contributed by atoms with Gasteiger partial charge in [-0.05, 0) is 50.3 Å². The van der Waals surface area contributed by atoms with Crippen molar-refractivity contribution in [2.75, 3.05) is 7.11 Å². The molecule has 0 spiro atoms. The van der Waals surface area contributed by atoms with E-state index < -0.39 is 0 Å². The van der Waals surface area contributed by atoms with Gasteiger partial charge in [0.25, 0.3) is 0 Å². The summed E-state index contributed by atoms with van der Waals surface area (Å²) in [5.74, 6) is -0.425. The third-order valence-electron chi connectivity index (χ3n) is 4.91. The Labute approximate surface area is 182 Å². The number of benzene rings is 1. The van der Waals surface area contributed by atoms with Gasteiger partial charge in [-0.1, -0.05) is 75.5 Å². The highest BCUT2D eigenvalue weighted by Gasteiger charge is 2.13. The number of hydrogen-bond acceptors (Lipinski definition) is 4. The first-order chi connectivity index (χ1) is 14.7. The first-order valence-corrected chi connectivity index (χ1v) is 11.3. The zero-order valence-corrected chi connectivity index (χ0v) is 18.7. The van der Waals surface area contributed by atoms with Crippen LogP contribution in [0.2, 0.25) is 0 Å². The van der Waals surface area contributed by atoms with Gasteiger partial charge in [0, 0.05) is 6.42 Å². The van der Waals surface area contributed by atoms with Crippen LogP contribution in [-0.2, 0) is 14.3 Å². The van der Waals surface area contributed by atoms with Crippen molar-refractivity contribution in [3.8, 4) is 0 Å². The minimum Gasteiger partial charge on any atom is -0.469 e. The smallest absolute Gasteiger partial charge is 0.338 e. The van der Waals surface area contributed by atoms with E-state index in [4.69, 9.17) is 4.74 Å². The van der Waals surface area contributed by atoms with Crippen LogP contribution >= 0.6 is 0 Å². The van der Waals surface area contributed by atoms with E-state index in [1.807, 2.05) is 36.4 Å². The Morgan fingerprint density at radius 2 is 1.67 bits per heavy atom. The molecular weight excluding hydrogens is 376 g/mol. The van der Waals surface area contributed by atoms with Gasteiger partial charge >= 0.3 is 11.9 Å². The van der Waals surface area contributed by atoms with Crippen LogP contribution in [0.5, 0.6) is 0 Å². The first-order valence-electron chi connectivity index (χ1n) is 11.3. The van der Waals surface area contributed by atoms with Crippen molar-refractivity contribution in [3.05, 3.63) is 60.2 Å². The highest BCUT2D eigenvalue weighted by molar-refractivity contribution is 5.89. The summed E-state index contributed by atoms with van der Waals surface area (Å²) < 4.78 is 10.4. The van der Waals surface area contributed by atoms with Gasteiger partial charge in [0.15, 0.2) is 0 Å².